The number of benzene rings is 1. The molecule has 0 atom stereocenters. The first-order valence-electron chi connectivity index (χ1n) is 7.30. The Morgan fingerprint density at radius 2 is 2.00 bits per heavy atom. The first-order valence-corrected chi connectivity index (χ1v) is 7.30. The number of hydrogen-bond acceptors (Lipinski definition) is 4. The van der Waals surface area contributed by atoms with Gasteiger partial charge in [0.1, 0.15) is 5.75 Å². The van der Waals surface area contributed by atoms with E-state index in [0.29, 0.717) is 12.2 Å². The minimum Gasteiger partial charge on any atom is -0.494 e. The number of likely N-dealkylation sites (N-methyl/N-ethyl adjacent to an activating group) is 1. The molecular formula is C16H24N2O2. The molecule has 1 aliphatic heterocycles. The summed E-state index contributed by atoms with van der Waals surface area (Å²) in [7, 11) is 2.17. The molecule has 1 saturated heterocycles. The summed E-state index contributed by atoms with van der Waals surface area (Å²) < 4.78 is 5.72. The molecule has 2 rings (SSSR count). The zero-order valence-corrected chi connectivity index (χ0v) is 12.5. The Morgan fingerprint density at radius 1 is 1.25 bits per heavy atom. The number of carbonyl (C=O) groups is 1. The Bertz CT molecular complexity index is 440. The minimum atomic E-state index is 0.0767. The summed E-state index contributed by atoms with van der Waals surface area (Å²) in [5.41, 5.74) is 0.710. The Hall–Kier alpha value is -1.39. The van der Waals surface area contributed by atoms with Gasteiger partial charge in [0, 0.05) is 38.3 Å². The van der Waals surface area contributed by atoms with Crippen molar-refractivity contribution in [3.63, 3.8) is 0 Å². The van der Waals surface area contributed by atoms with Crippen LogP contribution in [0, 0.1) is 0 Å². The van der Waals surface area contributed by atoms with Crippen LogP contribution in [-0.4, -0.2) is 62.0 Å². The van der Waals surface area contributed by atoms with Crippen molar-refractivity contribution in [3.8, 4) is 5.75 Å². The van der Waals surface area contributed by atoms with E-state index < -0.39 is 0 Å². The first kappa shape index (κ1) is 15.0. The van der Waals surface area contributed by atoms with Crippen LogP contribution in [0.1, 0.15) is 23.7 Å². The van der Waals surface area contributed by atoms with E-state index in [1.165, 1.54) is 0 Å². The van der Waals surface area contributed by atoms with E-state index in [4.69, 9.17) is 4.74 Å². The molecule has 1 heterocycles. The monoisotopic (exact) mass is 276 g/mol. The molecule has 4 heteroatoms. The molecule has 1 aromatic carbocycles. The average Bonchev–Trinajstić information content (AvgIpc) is 2.46. The summed E-state index contributed by atoms with van der Waals surface area (Å²) in [6.07, 6.45) is 1.02. The molecule has 0 N–H and O–H groups in total. The van der Waals surface area contributed by atoms with Crippen LogP contribution in [0.25, 0.3) is 0 Å². The highest BCUT2D eigenvalue weighted by Gasteiger charge is 2.12. The van der Waals surface area contributed by atoms with Gasteiger partial charge in [0.15, 0.2) is 5.78 Å². The number of rotatable bonds is 6. The number of carbonyl (C=O) groups excluding carboxylic acids is 1. The van der Waals surface area contributed by atoms with Crippen molar-refractivity contribution in [2.75, 3.05) is 46.4 Å². The smallest absolute Gasteiger partial charge is 0.159 e. The molecule has 4 nitrogen and oxygen atoms in total. The summed E-state index contributed by atoms with van der Waals surface area (Å²) in [6.45, 7) is 7.97. The van der Waals surface area contributed by atoms with Gasteiger partial charge in [0.25, 0.3) is 0 Å². The van der Waals surface area contributed by atoms with Crippen molar-refractivity contribution in [1.29, 1.82) is 0 Å². The van der Waals surface area contributed by atoms with Crippen LogP contribution < -0.4 is 4.74 Å². The number of nitrogens with zero attached hydrogens (tertiary/aromatic N) is 2. The van der Waals surface area contributed by atoms with Crippen LogP contribution in [0.3, 0.4) is 0 Å². The maximum Gasteiger partial charge on any atom is 0.159 e. The lowest BCUT2D eigenvalue weighted by Crippen LogP contribution is -2.44. The number of piperazine rings is 1. The van der Waals surface area contributed by atoms with Gasteiger partial charge in [-0.2, -0.15) is 0 Å². The lowest BCUT2D eigenvalue weighted by atomic mass is 10.1. The highest BCUT2D eigenvalue weighted by molar-refractivity contribution is 5.94. The predicted octanol–water partition coefficient (Wildman–Crippen LogP) is 1.91. The van der Waals surface area contributed by atoms with Gasteiger partial charge in [-0.1, -0.05) is 12.1 Å². The normalized spacial score (nSPS) is 17.1. The first-order chi connectivity index (χ1) is 9.65. The lowest BCUT2D eigenvalue weighted by Gasteiger charge is -2.32. The number of ketones is 1. The summed E-state index contributed by atoms with van der Waals surface area (Å²) in [6, 6.07) is 7.41. The van der Waals surface area contributed by atoms with Crippen LogP contribution in [-0.2, 0) is 0 Å². The van der Waals surface area contributed by atoms with E-state index >= 15 is 0 Å². The Balaban J connectivity index is 1.68. The van der Waals surface area contributed by atoms with E-state index in [2.05, 4.69) is 16.8 Å². The highest BCUT2D eigenvalue weighted by Crippen LogP contribution is 2.14. The average molecular weight is 276 g/mol. The Labute approximate surface area is 121 Å². The molecule has 0 unspecified atom stereocenters. The number of ether oxygens (including phenoxy) is 1. The molecule has 1 aliphatic rings. The summed E-state index contributed by atoms with van der Waals surface area (Å²) in [5.74, 6) is 0.865. The van der Waals surface area contributed by atoms with E-state index in [0.717, 1.165) is 44.9 Å². The van der Waals surface area contributed by atoms with Crippen molar-refractivity contribution in [3.05, 3.63) is 29.8 Å². The van der Waals surface area contributed by atoms with Crippen LogP contribution >= 0.6 is 0 Å². The molecule has 0 saturated carbocycles. The van der Waals surface area contributed by atoms with Crippen molar-refractivity contribution in [2.45, 2.75) is 13.3 Å². The van der Waals surface area contributed by atoms with Crippen LogP contribution in [0.15, 0.2) is 24.3 Å². The molecule has 0 bridgehead atoms. The van der Waals surface area contributed by atoms with Gasteiger partial charge in [-0.3, -0.25) is 4.79 Å². The third kappa shape index (κ3) is 4.62. The molecule has 0 amide bonds. The second-order valence-corrected chi connectivity index (χ2v) is 5.43. The third-order valence-electron chi connectivity index (χ3n) is 3.72. The van der Waals surface area contributed by atoms with Crippen LogP contribution in [0.4, 0.5) is 0 Å². The maximum absolute atomic E-state index is 11.3. The fraction of sp³-hybridized carbons (Fsp3) is 0.562. The maximum atomic E-state index is 11.3. The van der Waals surface area contributed by atoms with Gasteiger partial charge < -0.3 is 14.5 Å². The highest BCUT2D eigenvalue weighted by atomic mass is 16.5. The molecule has 0 aromatic heterocycles. The summed E-state index contributed by atoms with van der Waals surface area (Å²) in [5, 5.41) is 0. The van der Waals surface area contributed by atoms with Crippen LogP contribution in [0.2, 0.25) is 0 Å². The fourth-order valence-corrected chi connectivity index (χ4v) is 2.35. The van der Waals surface area contributed by atoms with E-state index in [1.54, 1.807) is 6.92 Å². The van der Waals surface area contributed by atoms with Gasteiger partial charge >= 0.3 is 0 Å². The van der Waals surface area contributed by atoms with Crippen molar-refractivity contribution < 1.29 is 9.53 Å². The minimum absolute atomic E-state index is 0.0767. The van der Waals surface area contributed by atoms with E-state index in [9.17, 15) is 4.79 Å². The van der Waals surface area contributed by atoms with Gasteiger partial charge in [-0.15, -0.1) is 0 Å². The van der Waals surface area contributed by atoms with Gasteiger partial charge in [0.2, 0.25) is 0 Å². The van der Waals surface area contributed by atoms with Crippen molar-refractivity contribution in [1.82, 2.24) is 9.80 Å². The Kier molecular flexibility index (Phi) is 5.56. The molecule has 110 valence electrons. The van der Waals surface area contributed by atoms with Gasteiger partial charge in [-0.25, -0.2) is 0 Å². The summed E-state index contributed by atoms with van der Waals surface area (Å²) >= 11 is 0. The second-order valence-electron chi connectivity index (χ2n) is 5.43. The van der Waals surface area contributed by atoms with E-state index in [1.807, 2.05) is 24.3 Å². The molecule has 0 radical (unpaired) electrons. The zero-order valence-electron chi connectivity index (χ0n) is 12.5. The van der Waals surface area contributed by atoms with E-state index in [-0.39, 0.29) is 5.78 Å². The fourth-order valence-electron chi connectivity index (χ4n) is 2.35. The van der Waals surface area contributed by atoms with Gasteiger partial charge in [0.05, 0.1) is 6.61 Å². The SMILES string of the molecule is CC(=O)c1cccc(OCCCN2CCN(C)CC2)c1. The number of hydrogen-bond donors (Lipinski definition) is 0. The topological polar surface area (TPSA) is 32.8 Å². The van der Waals surface area contributed by atoms with Crippen molar-refractivity contribution in [2.24, 2.45) is 0 Å². The molecule has 0 spiro atoms. The summed E-state index contributed by atoms with van der Waals surface area (Å²) in [4.78, 5) is 16.1. The molecule has 1 aromatic rings. The predicted molar refractivity (Wildman–Crippen MR) is 80.5 cm³/mol. The third-order valence-corrected chi connectivity index (χ3v) is 3.72. The lowest BCUT2D eigenvalue weighted by molar-refractivity contribution is 0.101. The van der Waals surface area contributed by atoms with Crippen LogP contribution in [0.5, 0.6) is 5.75 Å². The number of Topliss-reactive ketones (excluding diaryl/α,β-unsaturated/α-hetero) is 1. The molecule has 0 aliphatic carbocycles. The second kappa shape index (κ2) is 7.41. The molecule has 1 fully saturated rings. The van der Waals surface area contributed by atoms with Gasteiger partial charge in [-0.05, 0) is 32.5 Å². The quantitative estimate of drug-likeness (QED) is 0.587. The molecular weight excluding hydrogens is 252 g/mol. The zero-order chi connectivity index (χ0) is 14.4. The standard InChI is InChI=1S/C16H24N2O2/c1-14(19)15-5-3-6-16(13-15)20-12-4-7-18-10-8-17(2)9-11-18/h3,5-6,13H,4,7-12H2,1-2H3. The molecule has 20 heavy (non-hydrogen) atoms. The largest absolute Gasteiger partial charge is 0.494 e. The Morgan fingerprint density at radius 3 is 2.70 bits per heavy atom. The van der Waals surface area contributed by atoms with Crippen molar-refractivity contribution >= 4 is 5.78 Å².